The third-order valence-electron chi connectivity index (χ3n) is 5.69. The van der Waals surface area contributed by atoms with E-state index in [0.29, 0.717) is 11.8 Å². The standard InChI is InChI=1S/C21H29N5O3/c1-15(2)25-17-7-4-5-8-18(17)26(21(25)27)20-22-19(29-23-20)16-9-12-24(13-10-16)11-6-14-28-3/h4-5,7-8,15-16H,6,9-14H2,1-3H3. The number of nitrogens with zero attached hydrogens (tertiary/aromatic N) is 5. The zero-order valence-corrected chi connectivity index (χ0v) is 17.4. The van der Waals surface area contributed by atoms with Gasteiger partial charge < -0.3 is 14.2 Å². The number of benzene rings is 1. The fourth-order valence-electron chi connectivity index (χ4n) is 4.18. The molecule has 0 radical (unpaired) electrons. The zero-order valence-electron chi connectivity index (χ0n) is 17.4. The van der Waals surface area contributed by atoms with Gasteiger partial charge in [-0.1, -0.05) is 12.1 Å². The smallest absolute Gasteiger partial charge is 0.336 e. The molecule has 0 aliphatic carbocycles. The molecule has 0 saturated carbocycles. The SMILES string of the molecule is COCCCN1CCC(c2nc(-n3c(=O)n(C(C)C)c4ccccc43)no2)CC1. The summed E-state index contributed by atoms with van der Waals surface area (Å²) >= 11 is 0. The predicted octanol–water partition coefficient (Wildman–Crippen LogP) is 2.97. The van der Waals surface area contributed by atoms with Crippen LogP contribution in [-0.2, 0) is 4.74 Å². The Balaban J connectivity index is 1.55. The molecule has 1 aliphatic heterocycles. The number of imidazole rings is 1. The number of hydrogen-bond donors (Lipinski definition) is 0. The number of hydrogen-bond acceptors (Lipinski definition) is 6. The summed E-state index contributed by atoms with van der Waals surface area (Å²) in [6.07, 6.45) is 3.02. The van der Waals surface area contributed by atoms with Crippen molar-refractivity contribution in [2.75, 3.05) is 33.4 Å². The van der Waals surface area contributed by atoms with Gasteiger partial charge in [-0.15, -0.1) is 0 Å². The Bertz CT molecular complexity index is 1010. The summed E-state index contributed by atoms with van der Waals surface area (Å²) in [7, 11) is 1.74. The maximum Gasteiger partial charge on any atom is 0.336 e. The van der Waals surface area contributed by atoms with Crippen molar-refractivity contribution < 1.29 is 9.26 Å². The van der Waals surface area contributed by atoms with E-state index in [2.05, 4.69) is 15.0 Å². The second-order valence-corrected chi connectivity index (χ2v) is 7.97. The van der Waals surface area contributed by atoms with Gasteiger partial charge in [0.15, 0.2) is 0 Å². The van der Waals surface area contributed by atoms with Crippen LogP contribution in [0, 0.1) is 0 Å². The van der Waals surface area contributed by atoms with Crippen LogP contribution < -0.4 is 5.69 Å². The highest BCUT2D eigenvalue weighted by molar-refractivity contribution is 5.77. The number of ether oxygens (including phenoxy) is 1. The summed E-state index contributed by atoms with van der Waals surface area (Å²) in [5.41, 5.74) is 1.54. The Kier molecular flexibility index (Phi) is 5.82. The Labute approximate surface area is 170 Å². The highest BCUT2D eigenvalue weighted by Crippen LogP contribution is 2.28. The van der Waals surface area contributed by atoms with Gasteiger partial charge >= 0.3 is 5.69 Å². The minimum absolute atomic E-state index is 0.0439. The molecule has 2 aromatic heterocycles. The van der Waals surface area contributed by atoms with Gasteiger partial charge in [-0.3, -0.25) is 4.57 Å². The Hall–Kier alpha value is -2.45. The molecule has 8 nitrogen and oxygen atoms in total. The van der Waals surface area contributed by atoms with Crippen molar-refractivity contribution >= 4 is 11.0 Å². The van der Waals surface area contributed by atoms with Gasteiger partial charge in [0, 0.05) is 32.2 Å². The van der Waals surface area contributed by atoms with Crippen molar-refractivity contribution in [3.05, 3.63) is 40.6 Å². The van der Waals surface area contributed by atoms with E-state index in [1.807, 2.05) is 38.1 Å². The maximum absolute atomic E-state index is 13.1. The van der Waals surface area contributed by atoms with Gasteiger partial charge in [-0.25, -0.2) is 9.36 Å². The van der Waals surface area contributed by atoms with Crippen LogP contribution in [0.15, 0.2) is 33.6 Å². The number of para-hydroxylation sites is 2. The average molecular weight is 399 g/mol. The topological polar surface area (TPSA) is 78.3 Å². The fourth-order valence-corrected chi connectivity index (χ4v) is 4.18. The van der Waals surface area contributed by atoms with Crippen molar-refractivity contribution in [2.45, 2.75) is 45.1 Å². The lowest BCUT2D eigenvalue weighted by atomic mass is 9.97. The van der Waals surface area contributed by atoms with Crippen molar-refractivity contribution in [3.63, 3.8) is 0 Å². The molecule has 1 fully saturated rings. The van der Waals surface area contributed by atoms with Gasteiger partial charge in [0.1, 0.15) is 0 Å². The molecule has 0 spiro atoms. The molecule has 0 N–H and O–H groups in total. The van der Waals surface area contributed by atoms with Gasteiger partial charge in [0.25, 0.3) is 5.95 Å². The molecule has 1 aromatic carbocycles. The quantitative estimate of drug-likeness (QED) is 0.569. The van der Waals surface area contributed by atoms with Crippen LogP contribution in [0.25, 0.3) is 17.0 Å². The van der Waals surface area contributed by atoms with Crippen molar-refractivity contribution in [1.82, 2.24) is 24.2 Å². The minimum atomic E-state index is -0.137. The lowest BCUT2D eigenvalue weighted by Gasteiger charge is -2.30. The summed E-state index contributed by atoms with van der Waals surface area (Å²) in [4.78, 5) is 20.1. The number of aromatic nitrogens is 4. The van der Waals surface area contributed by atoms with Crippen LogP contribution in [0.4, 0.5) is 0 Å². The first-order valence-electron chi connectivity index (χ1n) is 10.4. The molecular weight excluding hydrogens is 370 g/mol. The van der Waals surface area contributed by atoms with Crippen molar-refractivity contribution in [1.29, 1.82) is 0 Å². The first kappa shape index (κ1) is 19.8. The highest BCUT2D eigenvalue weighted by Gasteiger charge is 2.26. The van der Waals surface area contributed by atoms with Gasteiger partial charge in [-0.05, 0) is 63.5 Å². The van der Waals surface area contributed by atoms with E-state index in [4.69, 9.17) is 9.26 Å². The lowest BCUT2D eigenvalue weighted by Crippen LogP contribution is -2.34. The molecule has 3 aromatic rings. The van der Waals surface area contributed by atoms with Gasteiger partial charge in [0.2, 0.25) is 5.89 Å². The first-order valence-corrected chi connectivity index (χ1v) is 10.4. The first-order chi connectivity index (χ1) is 14.1. The third kappa shape index (κ3) is 3.86. The predicted molar refractivity (Wildman–Crippen MR) is 111 cm³/mol. The highest BCUT2D eigenvalue weighted by atomic mass is 16.5. The molecule has 3 heterocycles. The number of rotatable bonds is 7. The molecule has 0 amide bonds. The Morgan fingerprint density at radius 1 is 1.21 bits per heavy atom. The van der Waals surface area contributed by atoms with Crippen molar-refractivity contribution in [2.24, 2.45) is 0 Å². The Morgan fingerprint density at radius 3 is 2.62 bits per heavy atom. The number of methoxy groups -OCH3 is 1. The van der Waals surface area contributed by atoms with Crippen LogP contribution in [0.5, 0.6) is 0 Å². The number of likely N-dealkylation sites (tertiary alicyclic amines) is 1. The molecule has 0 unspecified atom stereocenters. The lowest BCUT2D eigenvalue weighted by molar-refractivity contribution is 0.152. The van der Waals surface area contributed by atoms with Crippen LogP contribution >= 0.6 is 0 Å². The average Bonchev–Trinajstić information content (AvgIpc) is 3.30. The molecule has 4 rings (SSSR count). The van der Waals surface area contributed by atoms with Gasteiger partial charge in [0.05, 0.1) is 11.0 Å². The molecule has 0 bridgehead atoms. The summed E-state index contributed by atoms with van der Waals surface area (Å²) in [5.74, 6) is 1.19. The summed E-state index contributed by atoms with van der Waals surface area (Å²) in [6, 6.07) is 7.77. The normalized spacial score (nSPS) is 16.3. The van der Waals surface area contributed by atoms with Crippen molar-refractivity contribution in [3.8, 4) is 5.95 Å². The minimum Gasteiger partial charge on any atom is -0.385 e. The monoisotopic (exact) mass is 399 g/mol. The zero-order chi connectivity index (χ0) is 20.4. The molecule has 156 valence electrons. The second kappa shape index (κ2) is 8.51. The Morgan fingerprint density at radius 2 is 1.93 bits per heavy atom. The van der Waals surface area contributed by atoms with Gasteiger partial charge in [-0.2, -0.15) is 4.98 Å². The van der Waals surface area contributed by atoms with E-state index in [-0.39, 0.29) is 17.6 Å². The van der Waals surface area contributed by atoms with E-state index >= 15 is 0 Å². The van der Waals surface area contributed by atoms with Crippen LogP contribution in [0.3, 0.4) is 0 Å². The fraction of sp³-hybridized carbons (Fsp3) is 0.571. The molecular formula is C21H29N5O3. The summed E-state index contributed by atoms with van der Waals surface area (Å²) in [5, 5.41) is 4.16. The second-order valence-electron chi connectivity index (χ2n) is 7.97. The van der Waals surface area contributed by atoms with E-state index in [9.17, 15) is 4.79 Å². The van der Waals surface area contributed by atoms with E-state index in [1.165, 1.54) is 0 Å². The molecule has 8 heteroatoms. The molecule has 1 aliphatic rings. The summed E-state index contributed by atoms with van der Waals surface area (Å²) in [6.45, 7) is 7.88. The van der Waals surface area contributed by atoms with Crippen LogP contribution in [0.1, 0.15) is 51.0 Å². The van der Waals surface area contributed by atoms with E-state index in [1.54, 1.807) is 16.2 Å². The van der Waals surface area contributed by atoms with Crippen LogP contribution in [0.2, 0.25) is 0 Å². The number of piperidine rings is 1. The number of fused-ring (bicyclic) bond motifs is 1. The van der Waals surface area contributed by atoms with E-state index in [0.717, 1.165) is 56.5 Å². The molecule has 0 atom stereocenters. The van der Waals surface area contributed by atoms with Crippen LogP contribution in [-0.4, -0.2) is 57.5 Å². The maximum atomic E-state index is 13.1. The largest absolute Gasteiger partial charge is 0.385 e. The summed E-state index contributed by atoms with van der Waals surface area (Å²) < 4.78 is 14.1. The molecule has 29 heavy (non-hydrogen) atoms. The van der Waals surface area contributed by atoms with E-state index < -0.39 is 0 Å². The molecule has 1 saturated heterocycles. The third-order valence-corrected chi connectivity index (χ3v) is 5.69.